The summed E-state index contributed by atoms with van der Waals surface area (Å²) in [5, 5.41) is 3.33. The molecule has 0 saturated heterocycles. The number of hydrogen-bond acceptors (Lipinski definition) is 5. The van der Waals surface area contributed by atoms with Gasteiger partial charge < -0.3 is 0 Å². The first kappa shape index (κ1) is 26.8. The van der Waals surface area contributed by atoms with Crippen LogP contribution in [0.15, 0.2) is 133 Å². The third-order valence-corrected chi connectivity index (χ3v) is 10.3. The lowest BCUT2D eigenvalue weighted by atomic mass is 9.82. The Hall–Kier alpha value is -5.52. The fourth-order valence-electron chi connectivity index (χ4n) is 6.83. The lowest BCUT2D eigenvalue weighted by Gasteiger charge is -2.21. The SMILES string of the molecule is CC1(C)c2ccccc2-c2c(-c3nc(-c4ccccc4)nc(-c4ccc5ccc6nc(-c7ccccc7)sc6c5c4)n3)cccc21. The van der Waals surface area contributed by atoms with E-state index >= 15 is 0 Å². The molecule has 0 radical (unpaired) electrons. The summed E-state index contributed by atoms with van der Waals surface area (Å²) in [6.45, 7) is 4.60. The molecule has 9 rings (SSSR count). The molecule has 46 heavy (non-hydrogen) atoms. The zero-order chi connectivity index (χ0) is 30.8. The van der Waals surface area contributed by atoms with Crippen molar-refractivity contribution in [1.29, 1.82) is 0 Å². The zero-order valence-electron chi connectivity index (χ0n) is 25.4. The summed E-state index contributed by atoms with van der Waals surface area (Å²) in [7, 11) is 0. The van der Waals surface area contributed by atoms with E-state index in [0.717, 1.165) is 48.3 Å². The summed E-state index contributed by atoms with van der Waals surface area (Å²) >= 11 is 1.73. The lowest BCUT2D eigenvalue weighted by molar-refractivity contribution is 0.660. The van der Waals surface area contributed by atoms with Crippen LogP contribution in [0.25, 0.3) is 76.9 Å². The minimum absolute atomic E-state index is 0.114. The highest BCUT2D eigenvalue weighted by Crippen LogP contribution is 2.51. The fraction of sp³-hybridized carbons (Fsp3) is 0.0732. The Balaban J connectivity index is 1.26. The van der Waals surface area contributed by atoms with Crippen LogP contribution in [0, 0.1) is 0 Å². The second-order valence-electron chi connectivity index (χ2n) is 12.3. The van der Waals surface area contributed by atoms with E-state index in [2.05, 4.69) is 123 Å². The van der Waals surface area contributed by atoms with Crippen LogP contribution in [-0.4, -0.2) is 19.9 Å². The van der Waals surface area contributed by atoms with Crippen molar-refractivity contribution in [3.63, 3.8) is 0 Å². The average Bonchev–Trinajstić information content (AvgIpc) is 3.66. The fourth-order valence-corrected chi connectivity index (χ4v) is 7.93. The van der Waals surface area contributed by atoms with Crippen molar-refractivity contribution in [2.45, 2.75) is 19.3 Å². The quantitative estimate of drug-likeness (QED) is 0.199. The minimum atomic E-state index is -0.114. The van der Waals surface area contributed by atoms with Gasteiger partial charge in [0.1, 0.15) is 5.01 Å². The normalized spacial score (nSPS) is 13.2. The van der Waals surface area contributed by atoms with Gasteiger partial charge in [-0.15, -0.1) is 11.3 Å². The molecule has 0 saturated carbocycles. The number of fused-ring (bicyclic) bond motifs is 6. The summed E-state index contributed by atoms with van der Waals surface area (Å²) in [6.07, 6.45) is 0. The summed E-state index contributed by atoms with van der Waals surface area (Å²) in [5.41, 5.74) is 10.0. The minimum Gasteiger partial charge on any atom is -0.236 e. The highest BCUT2D eigenvalue weighted by Gasteiger charge is 2.37. The van der Waals surface area contributed by atoms with E-state index in [-0.39, 0.29) is 5.41 Å². The molecule has 1 aliphatic rings. The number of nitrogens with zero attached hydrogens (tertiary/aromatic N) is 4. The Labute approximate surface area is 271 Å². The Morgan fingerprint density at radius 3 is 1.93 bits per heavy atom. The third-order valence-electron chi connectivity index (χ3n) is 9.17. The van der Waals surface area contributed by atoms with E-state index in [1.165, 1.54) is 22.3 Å². The number of hydrogen-bond donors (Lipinski definition) is 0. The predicted octanol–water partition coefficient (Wildman–Crippen LogP) is 10.6. The summed E-state index contributed by atoms with van der Waals surface area (Å²) in [4.78, 5) is 20.4. The molecule has 0 spiro atoms. The van der Waals surface area contributed by atoms with Gasteiger partial charge in [-0.3, -0.25) is 0 Å². The third kappa shape index (κ3) is 4.20. The van der Waals surface area contributed by atoms with Gasteiger partial charge in [-0.25, -0.2) is 19.9 Å². The Morgan fingerprint density at radius 1 is 0.500 bits per heavy atom. The van der Waals surface area contributed by atoms with E-state index in [1.54, 1.807) is 11.3 Å². The summed E-state index contributed by atoms with van der Waals surface area (Å²) < 4.78 is 1.16. The molecular formula is C41H28N4S. The van der Waals surface area contributed by atoms with E-state index in [0.29, 0.717) is 17.5 Å². The van der Waals surface area contributed by atoms with Crippen molar-refractivity contribution in [1.82, 2.24) is 19.9 Å². The van der Waals surface area contributed by atoms with Crippen molar-refractivity contribution in [2.75, 3.05) is 0 Å². The van der Waals surface area contributed by atoms with Gasteiger partial charge in [-0.05, 0) is 39.8 Å². The molecule has 6 aromatic carbocycles. The van der Waals surface area contributed by atoms with Crippen LogP contribution in [0.2, 0.25) is 0 Å². The summed E-state index contributed by atoms with van der Waals surface area (Å²) in [6, 6.07) is 46.6. The maximum absolute atomic E-state index is 5.20. The molecule has 2 heterocycles. The first-order valence-electron chi connectivity index (χ1n) is 15.5. The molecule has 0 bridgehead atoms. The van der Waals surface area contributed by atoms with Gasteiger partial charge in [0.2, 0.25) is 0 Å². The van der Waals surface area contributed by atoms with Crippen LogP contribution in [0.3, 0.4) is 0 Å². The van der Waals surface area contributed by atoms with Crippen LogP contribution < -0.4 is 0 Å². The topological polar surface area (TPSA) is 51.6 Å². The van der Waals surface area contributed by atoms with Crippen molar-refractivity contribution in [3.8, 4) is 55.9 Å². The second-order valence-corrected chi connectivity index (χ2v) is 13.3. The number of benzene rings is 6. The largest absolute Gasteiger partial charge is 0.236 e. The smallest absolute Gasteiger partial charge is 0.164 e. The van der Waals surface area contributed by atoms with Gasteiger partial charge in [-0.1, -0.05) is 135 Å². The predicted molar refractivity (Wildman–Crippen MR) is 190 cm³/mol. The number of thiazole rings is 1. The lowest BCUT2D eigenvalue weighted by Crippen LogP contribution is -2.14. The average molecular weight is 609 g/mol. The first-order chi connectivity index (χ1) is 22.5. The molecule has 0 fully saturated rings. The summed E-state index contributed by atoms with van der Waals surface area (Å²) in [5.74, 6) is 1.99. The van der Waals surface area contributed by atoms with Crippen LogP contribution >= 0.6 is 11.3 Å². The van der Waals surface area contributed by atoms with Crippen molar-refractivity contribution < 1.29 is 0 Å². The second kappa shape index (κ2) is 10.3. The van der Waals surface area contributed by atoms with E-state index in [4.69, 9.17) is 19.9 Å². The van der Waals surface area contributed by atoms with Crippen LogP contribution in [-0.2, 0) is 5.41 Å². The molecule has 0 amide bonds. The molecule has 2 aromatic heterocycles. The van der Waals surface area contributed by atoms with Crippen molar-refractivity contribution in [3.05, 3.63) is 145 Å². The molecule has 5 heteroatoms. The van der Waals surface area contributed by atoms with Crippen molar-refractivity contribution >= 4 is 32.3 Å². The van der Waals surface area contributed by atoms with Gasteiger partial charge in [0, 0.05) is 33.1 Å². The van der Waals surface area contributed by atoms with Gasteiger partial charge in [0.25, 0.3) is 0 Å². The molecule has 218 valence electrons. The maximum Gasteiger partial charge on any atom is 0.164 e. The molecule has 0 atom stereocenters. The van der Waals surface area contributed by atoms with E-state index in [9.17, 15) is 0 Å². The highest BCUT2D eigenvalue weighted by molar-refractivity contribution is 7.22. The number of aromatic nitrogens is 4. The van der Waals surface area contributed by atoms with Gasteiger partial charge in [0.15, 0.2) is 17.5 Å². The Morgan fingerprint density at radius 2 is 1.13 bits per heavy atom. The maximum atomic E-state index is 5.20. The molecule has 0 N–H and O–H groups in total. The van der Waals surface area contributed by atoms with Crippen LogP contribution in [0.5, 0.6) is 0 Å². The van der Waals surface area contributed by atoms with Gasteiger partial charge in [0.05, 0.1) is 10.2 Å². The number of rotatable bonds is 4. The monoisotopic (exact) mass is 608 g/mol. The van der Waals surface area contributed by atoms with Crippen molar-refractivity contribution in [2.24, 2.45) is 0 Å². The molecule has 1 aliphatic carbocycles. The zero-order valence-corrected chi connectivity index (χ0v) is 26.2. The standard InChI is InChI=1S/C41H28N4S/c1-41(2)32-18-10-9-16-29(32)35-30(17-11-19-33(35)41)39-44-37(26-12-5-3-6-13-26)43-38(45-39)28-21-20-25-22-23-34-36(31(25)24-28)46-40(42-34)27-14-7-4-8-15-27/h3-24H,1-2H3. The van der Waals surface area contributed by atoms with E-state index < -0.39 is 0 Å². The van der Waals surface area contributed by atoms with Crippen LogP contribution in [0.1, 0.15) is 25.0 Å². The van der Waals surface area contributed by atoms with Gasteiger partial charge >= 0.3 is 0 Å². The molecule has 4 nitrogen and oxygen atoms in total. The highest BCUT2D eigenvalue weighted by atomic mass is 32.1. The van der Waals surface area contributed by atoms with Gasteiger partial charge in [-0.2, -0.15) is 0 Å². The molecular weight excluding hydrogens is 581 g/mol. The molecule has 8 aromatic rings. The van der Waals surface area contributed by atoms with Crippen LogP contribution in [0.4, 0.5) is 0 Å². The molecule has 0 unspecified atom stereocenters. The van der Waals surface area contributed by atoms with E-state index in [1.807, 2.05) is 24.3 Å². The first-order valence-corrected chi connectivity index (χ1v) is 16.3. The Kier molecular flexibility index (Phi) is 5.99. The Bertz CT molecular complexity index is 2450. The molecule has 0 aliphatic heterocycles.